The summed E-state index contributed by atoms with van der Waals surface area (Å²) in [6.07, 6.45) is 2.36. The Bertz CT molecular complexity index is 1330. The van der Waals surface area contributed by atoms with Gasteiger partial charge in [-0.3, -0.25) is 24.3 Å². The molecule has 39 heavy (non-hydrogen) atoms. The number of likely N-dealkylation sites (tertiary alicyclic amines) is 1. The zero-order chi connectivity index (χ0) is 27.6. The van der Waals surface area contributed by atoms with Crippen LogP contribution in [0, 0.1) is 5.41 Å². The summed E-state index contributed by atoms with van der Waals surface area (Å²) in [5.41, 5.74) is 0.0447. The van der Waals surface area contributed by atoms with Crippen molar-refractivity contribution in [3.8, 4) is 0 Å². The van der Waals surface area contributed by atoms with Crippen LogP contribution in [0.15, 0.2) is 41.7 Å². The number of carbonyl (C=O) groups excluding carboxylic acids is 3. The van der Waals surface area contributed by atoms with E-state index in [1.165, 1.54) is 4.90 Å². The number of amides is 3. The van der Waals surface area contributed by atoms with Gasteiger partial charge in [0.25, 0.3) is 0 Å². The molecule has 12 nitrogen and oxygen atoms in total. The van der Waals surface area contributed by atoms with Crippen molar-refractivity contribution in [2.24, 2.45) is 10.6 Å². The number of nitrogens with zero attached hydrogens (tertiary/aromatic N) is 3. The van der Waals surface area contributed by atoms with Gasteiger partial charge >= 0.3 is 12.1 Å². The molecular weight excluding hydrogens is 574 g/mol. The maximum absolute atomic E-state index is 13.2. The largest absolute Gasteiger partial charge is 0.480 e. The van der Waals surface area contributed by atoms with Crippen molar-refractivity contribution >= 4 is 55.3 Å². The number of halogens is 1. The Morgan fingerprint density at radius 3 is 2.72 bits per heavy atom. The molecule has 1 saturated carbocycles. The smallest absolute Gasteiger partial charge is 0.410 e. The number of fused-ring (bicyclic) bond motifs is 1. The first kappa shape index (κ1) is 26.9. The average Bonchev–Trinajstić information content (AvgIpc) is 3.50. The van der Waals surface area contributed by atoms with Crippen LogP contribution in [0.25, 0.3) is 10.9 Å². The number of oxime groups is 1. The van der Waals surface area contributed by atoms with Crippen molar-refractivity contribution in [1.29, 1.82) is 0 Å². The van der Waals surface area contributed by atoms with Crippen LogP contribution in [-0.4, -0.2) is 74.8 Å². The molecule has 1 saturated heterocycles. The van der Waals surface area contributed by atoms with Crippen LogP contribution < -0.4 is 10.6 Å². The van der Waals surface area contributed by atoms with E-state index in [-0.39, 0.29) is 45.1 Å². The van der Waals surface area contributed by atoms with Crippen LogP contribution in [0.5, 0.6) is 0 Å². The van der Waals surface area contributed by atoms with Gasteiger partial charge in [0.1, 0.15) is 22.7 Å². The third-order valence-electron chi connectivity index (χ3n) is 7.43. The summed E-state index contributed by atoms with van der Waals surface area (Å²) in [7, 11) is 0. The number of nitrogens with one attached hydrogen (secondary N) is 2. The molecule has 206 valence electrons. The van der Waals surface area contributed by atoms with Crippen LogP contribution >= 0.6 is 15.9 Å². The van der Waals surface area contributed by atoms with Crippen molar-refractivity contribution in [2.75, 3.05) is 13.1 Å². The summed E-state index contributed by atoms with van der Waals surface area (Å²) in [5.74, 6) is -2.19. The monoisotopic (exact) mass is 601 g/mol. The van der Waals surface area contributed by atoms with E-state index in [4.69, 9.17) is 9.57 Å². The summed E-state index contributed by atoms with van der Waals surface area (Å²) < 4.78 is 6.18. The van der Waals surface area contributed by atoms with Gasteiger partial charge in [-0.2, -0.15) is 0 Å². The van der Waals surface area contributed by atoms with E-state index in [1.54, 1.807) is 6.20 Å². The van der Waals surface area contributed by atoms with Crippen LogP contribution in [-0.2, 0) is 30.6 Å². The molecule has 1 unspecified atom stereocenters. The highest BCUT2D eigenvalue weighted by Gasteiger charge is 2.52. The number of para-hydroxylation sites is 1. The molecule has 1 aliphatic carbocycles. The van der Waals surface area contributed by atoms with E-state index in [2.05, 4.69) is 36.7 Å². The Morgan fingerprint density at radius 1 is 1.23 bits per heavy atom. The fourth-order valence-corrected chi connectivity index (χ4v) is 5.49. The molecule has 5 rings (SSSR count). The number of rotatable bonds is 8. The molecule has 0 radical (unpaired) electrons. The van der Waals surface area contributed by atoms with E-state index < -0.39 is 41.4 Å². The van der Waals surface area contributed by atoms with Crippen molar-refractivity contribution in [3.63, 3.8) is 0 Å². The van der Waals surface area contributed by atoms with Crippen LogP contribution in [0.3, 0.4) is 0 Å². The lowest BCUT2D eigenvalue weighted by Crippen LogP contribution is -2.54. The van der Waals surface area contributed by atoms with E-state index in [1.807, 2.05) is 30.3 Å². The molecule has 0 bridgehead atoms. The molecule has 13 heteroatoms. The number of aliphatic carboxylic acids is 1. The molecule has 1 aromatic heterocycles. The fourth-order valence-electron chi connectivity index (χ4n) is 5.04. The molecule has 2 aliphatic heterocycles. The van der Waals surface area contributed by atoms with Gasteiger partial charge in [-0.1, -0.05) is 29.8 Å². The second kappa shape index (κ2) is 11.2. The summed E-state index contributed by atoms with van der Waals surface area (Å²) in [6, 6.07) is 7.90. The standard InChI is InChI=1S/C26H28BrN5O7/c27-21-10-18(39-31-21)12-29-22(33)20-9-17(30-23(34)26(24(35)36)6-3-7-26)13-32(20)25(37)38-14-15-8-16-4-1-2-5-19(16)28-11-15/h1-2,4-5,8,11,17-18,20H,3,6-7,9-10,12-14H2,(H,29,33)(H,30,34)(H,35,36)/t17-,18?,20+/m1/s1. The number of carbonyl (C=O) groups is 4. The second-order valence-corrected chi connectivity index (χ2v) is 11.0. The lowest BCUT2D eigenvalue weighted by Gasteiger charge is -2.36. The van der Waals surface area contributed by atoms with Gasteiger partial charge in [0.15, 0.2) is 6.10 Å². The molecule has 3 aliphatic rings. The van der Waals surface area contributed by atoms with Crippen molar-refractivity contribution in [3.05, 3.63) is 42.1 Å². The molecule has 2 aromatic rings. The number of benzene rings is 1. The van der Waals surface area contributed by atoms with E-state index >= 15 is 0 Å². The maximum atomic E-state index is 13.2. The number of pyridine rings is 1. The molecule has 2 fully saturated rings. The van der Waals surface area contributed by atoms with Gasteiger partial charge < -0.3 is 25.3 Å². The molecule has 1 aromatic carbocycles. The third-order valence-corrected chi connectivity index (χ3v) is 7.90. The SMILES string of the molecule is O=C(NCC1CC(Br)=NO1)[C@@H]1C[C@@H](NC(=O)C2(C(=O)O)CCC2)CN1C(=O)OCc1cnc2ccccc2c1. The van der Waals surface area contributed by atoms with Crippen molar-refractivity contribution < 1.29 is 33.9 Å². The van der Waals surface area contributed by atoms with Crippen LogP contribution in [0.1, 0.15) is 37.7 Å². The Morgan fingerprint density at radius 2 is 2.03 bits per heavy atom. The Balaban J connectivity index is 1.25. The molecular formula is C26H28BrN5O7. The molecule has 3 amide bonds. The van der Waals surface area contributed by atoms with Gasteiger partial charge in [-0.05, 0) is 47.3 Å². The first-order valence-electron chi connectivity index (χ1n) is 12.7. The minimum Gasteiger partial charge on any atom is -0.480 e. The fraction of sp³-hybridized carbons (Fsp3) is 0.462. The highest BCUT2D eigenvalue weighted by atomic mass is 79.9. The van der Waals surface area contributed by atoms with Crippen molar-refractivity contribution in [1.82, 2.24) is 20.5 Å². The van der Waals surface area contributed by atoms with Gasteiger partial charge in [0.05, 0.1) is 12.1 Å². The lowest BCUT2D eigenvalue weighted by atomic mass is 9.68. The van der Waals surface area contributed by atoms with Crippen LogP contribution in [0.2, 0.25) is 0 Å². The second-order valence-electron chi connectivity index (χ2n) is 10.1. The number of carboxylic acid groups (broad SMARTS) is 1. The first-order valence-corrected chi connectivity index (χ1v) is 13.5. The normalized spacial score (nSPS) is 23.4. The highest BCUT2D eigenvalue weighted by Crippen LogP contribution is 2.41. The molecule has 0 spiro atoms. The molecule has 3 N–H and O–H groups in total. The maximum Gasteiger partial charge on any atom is 0.410 e. The zero-order valence-corrected chi connectivity index (χ0v) is 22.6. The van der Waals surface area contributed by atoms with E-state index in [0.717, 1.165) is 10.9 Å². The van der Waals surface area contributed by atoms with E-state index in [0.29, 0.717) is 23.0 Å². The molecule has 3 heterocycles. The topological polar surface area (TPSA) is 160 Å². The van der Waals surface area contributed by atoms with Gasteiger partial charge in [0, 0.05) is 36.2 Å². The summed E-state index contributed by atoms with van der Waals surface area (Å²) in [6.45, 7) is 0.129. The minimum absolute atomic E-state index is 0.00289. The number of ether oxygens (including phenoxy) is 1. The summed E-state index contributed by atoms with van der Waals surface area (Å²) in [5, 5.41) is 19.9. The first-order chi connectivity index (χ1) is 18.7. The number of carboxylic acids is 1. The Hall–Kier alpha value is -3.74. The van der Waals surface area contributed by atoms with Crippen LogP contribution in [0.4, 0.5) is 4.79 Å². The molecule has 3 atom stereocenters. The predicted molar refractivity (Wildman–Crippen MR) is 142 cm³/mol. The summed E-state index contributed by atoms with van der Waals surface area (Å²) in [4.78, 5) is 61.8. The highest BCUT2D eigenvalue weighted by molar-refractivity contribution is 9.18. The van der Waals surface area contributed by atoms with Gasteiger partial charge in [0.2, 0.25) is 11.8 Å². The summed E-state index contributed by atoms with van der Waals surface area (Å²) >= 11 is 3.25. The average molecular weight is 602 g/mol. The number of hydrogen-bond acceptors (Lipinski definition) is 8. The lowest BCUT2D eigenvalue weighted by molar-refractivity contribution is -0.162. The van der Waals surface area contributed by atoms with Gasteiger partial charge in [-0.15, -0.1) is 0 Å². The van der Waals surface area contributed by atoms with Crippen molar-refractivity contribution in [2.45, 2.75) is 56.9 Å². The quantitative estimate of drug-likeness (QED) is 0.388. The minimum atomic E-state index is -1.46. The number of aromatic nitrogens is 1. The van der Waals surface area contributed by atoms with E-state index in [9.17, 15) is 24.3 Å². The zero-order valence-electron chi connectivity index (χ0n) is 21.0. The predicted octanol–water partition coefficient (Wildman–Crippen LogP) is 2.30. The Kier molecular flexibility index (Phi) is 7.69. The number of hydrogen-bond donors (Lipinski definition) is 3. The van der Waals surface area contributed by atoms with Gasteiger partial charge in [-0.25, -0.2) is 4.79 Å². The third kappa shape index (κ3) is 5.68. The Labute approximate surface area is 232 Å².